The number of nitrogens with one attached hydrogen (secondary N) is 1. The van der Waals surface area contributed by atoms with E-state index in [9.17, 15) is 9.90 Å². The standard InChI is InChI=1S/C24H27N3O4S/c1-14-12-18-22(25-9-8-15-2-7-19-20(13-15)31-11-10-30-19)26-21(27-23(18)32-14)16-3-5-17(6-4-16)24(28)29/h2,7,12-13,16-17H,3-6,8-11H2,1H3,(H,28,29)(H,25,26,27). The van der Waals surface area contributed by atoms with Gasteiger partial charge in [-0.3, -0.25) is 4.79 Å². The van der Waals surface area contributed by atoms with Crippen LogP contribution < -0.4 is 14.8 Å². The molecule has 1 fully saturated rings. The van der Waals surface area contributed by atoms with E-state index in [4.69, 9.17) is 19.4 Å². The molecule has 0 spiro atoms. The lowest BCUT2D eigenvalue weighted by molar-refractivity contribution is -0.142. The zero-order valence-corrected chi connectivity index (χ0v) is 18.9. The Morgan fingerprint density at radius 3 is 2.69 bits per heavy atom. The van der Waals surface area contributed by atoms with Crippen molar-refractivity contribution >= 4 is 33.3 Å². The molecule has 0 amide bonds. The molecule has 0 saturated heterocycles. The van der Waals surface area contributed by atoms with E-state index in [2.05, 4.69) is 24.4 Å². The minimum Gasteiger partial charge on any atom is -0.486 e. The van der Waals surface area contributed by atoms with Gasteiger partial charge in [0.15, 0.2) is 11.5 Å². The largest absolute Gasteiger partial charge is 0.486 e. The maximum Gasteiger partial charge on any atom is 0.306 e. The molecule has 8 heteroatoms. The molecule has 1 aliphatic heterocycles. The number of aryl methyl sites for hydroxylation is 1. The van der Waals surface area contributed by atoms with Gasteiger partial charge in [-0.05, 0) is 62.8 Å². The number of benzene rings is 1. The number of carbonyl (C=O) groups is 1. The maximum atomic E-state index is 11.3. The Morgan fingerprint density at radius 1 is 1.12 bits per heavy atom. The Morgan fingerprint density at radius 2 is 1.91 bits per heavy atom. The van der Waals surface area contributed by atoms with Crippen molar-refractivity contribution in [1.82, 2.24) is 9.97 Å². The van der Waals surface area contributed by atoms with Crippen LogP contribution in [0.25, 0.3) is 10.2 Å². The molecule has 0 radical (unpaired) electrons. The van der Waals surface area contributed by atoms with E-state index < -0.39 is 5.97 Å². The van der Waals surface area contributed by atoms with Crippen LogP contribution >= 0.6 is 11.3 Å². The Hall–Kier alpha value is -2.87. The van der Waals surface area contributed by atoms with Crippen molar-refractivity contribution < 1.29 is 19.4 Å². The number of thiophene rings is 1. The van der Waals surface area contributed by atoms with Gasteiger partial charge in [0.25, 0.3) is 0 Å². The van der Waals surface area contributed by atoms with Gasteiger partial charge in [0.1, 0.15) is 29.7 Å². The van der Waals surface area contributed by atoms with Crippen LogP contribution in [0.3, 0.4) is 0 Å². The first-order valence-corrected chi connectivity index (χ1v) is 12.0. The average molecular weight is 454 g/mol. The molecule has 0 unspecified atom stereocenters. The molecule has 5 rings (SSSR count). The second-order valence-electron chi connectivity index (χ2n) is 8.55. The predicted molar refractivity (Wildman–Crippen MR) is 124 cm³/mol. The van der Waals surface area contributed by atoms with Gasteiger partial charge in [-0.25, -0.2) is 9.97 Å². The fourth-order valence-corrected chi connectivity index (χ4v) is 5.43. The maximum absolute atomic E-state index is 11.3. The second-order valence-corrected chi connectivity index (χ2v) is 9.78. The van der Waals surface area contributed by atoms with Crippen LogP contribution in [-0.4, -0.2) is 40.8 Å². The summed E-state index contributed by atoms with van der Waals surface area (Å²) in [6, 6.07) is 8.23. The summed E-state index contributed by atoms with van der Waals surface area (Å²) in [5.41, 5.74) is 1.18. The van der Waals surface area contributed by atoms with E-state index in [0.717, 1.165) is 59.2 Å². The topological polar surface area (TPSA) is 93.6 Å². The van der Waals surface area contributed by atoms with Gasteiger partial charge in [0.2, 0.25) is 0 Å². The van der Waals surface area contributed by atoms with Crippen molar-refractivity contribution in [1.29, 1.82) is 0 Å². The number of fused-ring (bicyclic) bond motifs is 2. The number of aromatic nitrogens is 2. The molecule has 7 nitrogen and oxygen atoms in total. The molecule has 1 aliphatic carbocycles. The molecule has 1 saturated carbocycles. The molecule has 0 bridgehead atoms. The highest BCUT2D eigenvalue weighted by molar-refractivity contribution is 7.18. The number of carboxylic acids is 1. The Kier molecular flexibility index (Phi) is 5.87. The summed E-state index contributed by atoms with van der Waals surface area (Å²) in [7, 11) is 0. The summed E-state index contributed by atoms with van der Waals surface area (Å²) in [6.45, 7) is 4.01. The van der Waals surface area contributed by atoms with Crippen LogP contribution in [-0.2, 0) is 11.2 Å². The van der Waals surface area contributed by atoms with E-state index in [1.165, 1.54) is 10.4 Å². The van der Waals surface area contributed by atoms with Gasteiger partial charge in [-0.15, -0.1) is 11.3 Å². The van der Waals surface area contributed by atoms with Crippen molar-refractivity contribution in [3.63, 3.8) is 0 Å². The Bertz CT molecular complexity index is 1140. The normalized spacial score (nSPS) is 20.3. The third kappa shape index (κ3) is 4.37. The van der Waals surface area contributed by atoms with Crippen LogP contribution in [0.1, 0.15) is 47.9 Å². The molecular weight excluding hydrogens is 426 g/mol. The van der Waals surface area contributed by atoms with E-state index in [-0.39, 0.29) is 11.8 Å². The average Bonchev–Trinajstić information content (AvgIpc) is 3.19. The van der Waals surface area contributed by atoms with Crippen LogP contribution in [0.5, 0.6) is 11.5 Å². The summed E-state index contributed by atoms with van der Waals surface area (Å²) >= 11 is 1.68. The molecule has 168 valence electrons. The lowest BCUT2D eigenvalue weighted by Crippen LogP contribution is -2.21. The van der Waals surface area contributed by atoms with E-state index in [1.54, 1.807) is 11.3 Å². The van der Waals surface area contributed by atoms with Crippen molar-refractivity contribution in [3.8, 4) is 11.5 Å². The zero-order chi connectivity index (χ0) is 22.1. The lowest BCUT2D eigenvalue weighted by Gasteiger charge is -2.25. The monoisotopic (exact) mass is 453 g/mol. The number of hydrogen-bond donors (Lipinski definition) is 2. The minimum absolute atomic E-state index is 0.218. The molecule has 1 aromatic carbocycles. The summed E-state index contributed by atoms with van der Waals surface area (Å²) in [4.78, 5) is 23.2. The zero-order valence-electron chi connectivity index (χ0n) is 18.1. The summed E-state index contributed by atoms with van der Waals surface area (Å²) in [6.07, 6.45) is 3.87. The SMILES string of the molecule is Cc1cc2c(NCCc3ccc4c(c3)OCCO4)nc(C3CCC(C(=O)O)CC3)nc2s1. The third-order valence-electron chi connectivity index (χ3n) is 6.29. The van der Waals surface area contributed by atoms with Crippen LogP contribution in [0.15, 0.2) is 24.3 Å². The van der Waals surface area contributed by atoms with E-state index in [0.29, 0.717) is 26.1 Å². The van der Waals surface area contributed by atoms with Crippen LogP contribution in [0, 0.1) is 12.8 Å². The highest BCUT2D eigenvalue weighted by atomic mass is 32.1. The number of aliphatic carboxylic acids is 1. The third-order valence-corrected chi connectivity index (χ3v) is 7.23. The van der Waals surface area contributed by atoms with Crippen molar-refractivity contribution in [2.75, 3.05) is 25.1 Å². The summed E-state index contributed by atoms with van der Waals surface area (Å²) in [5, 5.41) is 13.9. The van der Waals surface area contributed by atoms with E-state index >= 15 is 0 Å². The number of nitrogens with zero attached hydrogens (tertiary/aromatic N) is 2. The molecule has 0 atom stereocenters. The van der Waals surface area contributed by atoms with Gasteiger partial charge in [-0.1, -0.05) is 6.07 Å². The molecule has 3 aromatic rings. The first-order valence-electron chi connectivity index (χ1n) is 11.2. The first-order chi connectivity index (χ1) is 15.6. The number of hydrogen-bond acceptors (Lipinski definition) is 7. The number of ether oxygens (including phenoxy) is 2. The Balaban J connectivity index is 1.31. The van der Waals surface area contributed by atoms with Crippen molar-refractivity contribution in [2.24, 2.45) is 5.92 Å². The predicted octanol–water partition coefficient (Wildman–Crippen LogP) is 4.78. The molecule has 3 heterocycles. The number of carboxylic acid groups (broad SMARTS) is 1. The van der Waals surface area contributed by atoms with Gasteiger partial charge in [-0.2, -0.15) is 0 Å². The van der Waals surface area contributed by atoms with Crippen LogP contribution in [0.4, 0.5) is 5.82 Å². The molecule has 2 N–H and O–H groups in total. The van der Waals surface area contributed by atoms with E-state index in [1.807, 2.05) is 12.1 Å². The lowest BCUT2D eigenvalue weighted by atomic mass is 9.81. The van der Waals surface area contributed by atoms with Gasteiger partial charge >= 0.3 is 5.97 Å². The quantitative estimate of drug-likeness (QED) is 0.554. The van der Waals surface area contributed by atoms with Gasteiger partial charge in [0, 0.05) is 17.3 Å². The summed E-state index contributed by atoms with van der Waals surface area (Å²) < 4.78 is 11.3. The van der Waals surface area contributed by atoms with Crippen molar-refractivity contribution in [2.45, 2.75) is 44.9 Å². The summed E-state index contributed by atoms with van der Waals surface area (Å²) in [5.74, 6) is 2.62. The van der Waals surface area contributed by atoms with Crippen LogP contribution in [0.2, 0.25) is 0 Å². The van der Waals surface area contributed by atoms with Gasteiger partial charge < -0.3 is 19.9 Å². The Labute approximate surface area is 190 Å². The fraction of sp³-hybridized carbons (Fsp3) is 0.458. The molecule has 32 heavy (non-hydrogen) atoms. The second kappa shape index (κ2) is 8.94. The highest BCUT2D eigenvalue weighted by Crippen LogP contribution is 2.37. The molecular formula is C24H27N3O4S. The molecule has 2 aromatic heterocycles. The number of anilines is 1. The van der Waals surface area contributed by atoms with Gasteiger partial charge in [0.05, 0.1) is 11.3 Å². The number of rotatable bonds is 6. The highest BCUT2D eigenvalue weighted by Gasteiger charge is 2.29. The van der Waals surface area contributed by atoms with Crippen molar-refractivity contribution in [3.05, 3.63) is 40.5 Å². The first kappa shape index (κ1) is 21.0. The molecule has 2 aliphatic rings. The fourth-order valence-electron chi connectivity index (χ4n) is 4.54. The smallest absolute Gasteiger partial charge is 0.306 e. The minimum atomic E-state index is -0.685.